The predicted molar refractivity (Wildman–Crippen MR) is 64.3 cm³/mol. The van der Waals surface area contributed by atoms with E-state index in [2.05, 4.69) is 5.32 Å². The maximum Gasteiger partial charge on any atom is 0.331 e. The number of esters is 1. The highest BCUT2D eigenvalue weighted by atomic mass is 16.6. The maximum atomic E-state index is 11.8. The molecule has 0 radical (unpaired) electrons. The number of aliphatic hydroxyl groups is 1. The van der Waals surface area contributed by atoms with Gasteiger partial charge in [0.25, 0.3) is 0 Å². The van der Waals surface area contributed by atoms with Gasteiger partial charge < -0.3 is 15.2 Å². The largest absolute Gasteiger partial charge is 0.458 e. The Labute approximate surface area is 103 Å². The molecule has 5 nitrogen and oxygen atoms in total. The molecule has 100 valence electrons. The molecular formula is C12H23NO4. The molecule has 0 aliphatic heterocycles. The fourth-order valence-corrected chi connectivity index (χ4v) is 1.06. The van der Waals surface area contributed by atoms with Crippen molar-refractivity contribution in [1.29, 1.82) is 0 Å². The molecule has 0 saturated heterocycles. The van der Waals surface area contributed by atoms with Crippen molar-refractivity contribution in [3.05, 3.63) is 0 Å². The summed E-state index contributed by atoms with van der Waals surface area (Å²) in [5.41, 5.74) is -0.646. The van der Waals surface area contributed by atoms with E-state index in [4.69, 9.17) is 4.74 Å². The molecule has 1 amide bonds. The van der Waals surface area contributed by atoms with Gasteiger partial charge in [0.2, 0.25) is 5.91 Å². The van der Waals surface area contributed by atoms with E-state index in [1.807, 2.05) is 0 Å². The van der Waals surface area contributed by atoms with Crippen molar-refractivity contribution in [3.63, 3.8) is 0 Å². The van der Waals surface area contributed by atoms with Crippen molar-refractivity contribution in [2.75, 3.05) is 0 Å². The monoisotopic (exact) mass is 245 g/mol. The van der Waals surface area contributed by atoms with Gasteiger partial charge in [-0.25, -0.2) is 4.79 Å². The van der Waals surface area contributed by atoms with Gasteiger partial charge in [0.05, 0.1) is 6.10 Å². The van der Waals surface area contributed by atoms with Crippen molar-refractivity contribution in [2.24, 2.45) is 5.92 Å². The Bertz CT molecular complexity index is 279. The number of rotatable bonds is 4. The number of amides is 1. The smallest absolute Gasteiger partial charge is 0.331 e. The summed E-state index contributed by atoms with van der Waals surface area (Å²) in [6, 6.07) is -1.02. The molecule has 0 bridgehead atoms. The number of nitrogens with one attached hydrogen (secondary N) is 1. The number of carbonyl (C=O) groups is 2. The van der Waals surface area contributed by atoms with Gasteiger partial charge in [0, 0.05) is 5.92 Å². The molecular weight excluding hydrogens is 222 g/mol. The predicted octanol–water partition coefficient (Wildman–Crippen LogP) is 0.850. The lowest BCUT2D eigenvalue weighted by atomic mass is 10.1. The lowest BCUT2D eigenvalue weighted by Gasteiger charge is -2.26. The van der Waals surface area contributed by atoms with Crippen LogP contribution in [0.3, 0.4) is 0 Å². The molecule has 0 saturated carbocycles. The second-order valence-electron chi connectivity index (χ2n) is 5.42. The Morgan fingerprint density at radius 1 is 1.18 bits per heavy atom. The van der Waals surface area contributed by atoms with Crippen LogP contribution in [-0.2, 0) is 14.3 Å². The van der Waals surface area contributed by atoms with Crippen LogP contribution in [0.5, 0.6) is 0 Å². The summed E-state index contributed by atoms with van der Waals surface area (Å²) < 4.78 is 5.13. The van der Waals surface area contributed by atoms with E-state index in [1.54, 1.807) is 34.6 Å². The highest BCUT2D eigenvalue weighted by Gasteiger charge is 2.30. The van der Waals surface area contributed by atoms with E-state index >= 15 is 0 Å². The molecule has 0 aromatic heterocycles. The summed E-state index contributed by atoms with van der Waals surface area (Å²) in [6.45, 7) is 10.1. The third-order valence-corrected chi connectivity index (χ3v) is 1.97. The van der Waals surface area contributed by atoms with Crippen molar-refractivity contribution < 1.29 is 19.4 Å². The lowest BCUT2D eigenvalue weighted by Crippen LogP contribution is -2.51. The third kappa shape index (κ3) is 6.26. The van der Waals surface area contributed by atoms with Gasteiger partial charge in [-0.15, -0.1) is 0 Å². The highest BCUT2D eigenvalue weighted by Crippen LogP contribution is 2.10. The van der Waals surface area contributed by atoms with Crippen LogP contribution in [0.2, 0.25) is 0 Å². The zero-order chi connectivity index (χ0) is 13.8. The molecule has 2 N–H and O–H groups in total. The normalized spacial score (nSPS) is 15.3. The molecule has 0 rings (SSSR count). The molecule has 2 atom stereocenters. The topological polar surface area (TPSA) is 75.6 Å². The Hall–Kier alpha value is -1.10. The SMILES string of the molecule is CC(C)C(=O)N[C@H](C(=O)OC(C)(C)C)[C@@H](C)O. The molecule has 0 unspecified atom stereocenters. The first-order valence-corrected chi connectivity index (χ1v) is 5.76. The zero-order valence-electron chi connectivity index (χ0n) is 11.4. The van der Waals surface area contributed by atoms with Crippen LogP contribution in [0.4, 0.5) is 0 Å². The van der Waals surface area contributed by atoms with Crippen molar-refractivity contribution in [2.45, 2.75) is 59.3 Å². The first-order chi connectivity index (χ1) is 7.54. The third-order valence-electron chi connectivity index (χ3n) is 1.97. The average Bonchev–Trinajstić information content (AvgIpc) is 2.09. The molecule has 0 spiro atoms. The molecule has 0 aliphatic rings. The fourth-order valence-electron chi connectivity index (χ4n) is 1.06. The summed E-state index contributed by atoms with van der Waals surface area (Å²) >= 11 is 0. The first-order valence-electron chi connectivity index (χ1n) is 5.76. The minimum absolute atomic E-state index is 0.251. The summed E-state index contributed by atoms with van der Waals surface area (Å²) in [6.07, 6.45) is -0.993. The molecule has 5 heteroatoms. The molecule has 17 heavy (non-hydrogen) atoms. The molecule has 0 heterocycles. The van der Waals surface area contributed by atoms with Crippen molar-refractivity contribution in [3.8, 4) is 0 Å². The van der Waals surface area contributed by atoms with Gasteiger partial charge >= 0.3 is 5.97 Å². The Balaban J connectivity index is 4.64. The van der Waals surface area contributed by atoms with E-state index in [9.17, 15) is 14.7 Å². The van der Waals surface area contributed by atoms with E-state index in [-0.39, 0.29) is 11.8 Å². The van der Waals surface area contributed by atoms with Gasteiger partial charge in [-0.05, 0) is 27.7 Å². The number of hydrogen-bond acceptors (Lipinski definition) is 4. The van der Waals surface area contributed by atoms with Crippen LogP contribution in [0.25, 0.3) is 0 Å². The van der Waals surface area contributed by atoms with Gasteiger partial charge in [-0.1, -0.05) is 13.8 Å². The van der Waals surface area contributed by atoms with E-state index < -0.39 is 23.7 Å². The van der Waals surface area contributed by atoms with Crippen molar-refractivity contribution >= 4 is 11.9 Å². The standard InChI is InChI=1S/C12H23NO4/c1-7(2)10(15)13-9(8(3)14)11(16)17-12(4,5)6/h7-9,14H,1-6H3,(H,13,15)/t8-,9+/m1/s1. The Morgan fingerprint density at radius 2 is 1.65 bits per heavy atom. The first kappa shape index (κ1) is 15.9. The maximum absolute atomic E-state index is 11.8. The summed E-state index contributed by atoms with van der Waals surface area (Å²) in [4.78, 5) is 23.3. The van der Waals surface area contributed by atoms with Crippen LogP contribution < -0.4 is 5.32 Å². The minimum atomic E-state index is -1.02. The van der Waals surface area contributed by atoms with Crippen molar-refractivity contribution in [1.82, 2.24) is 5.32 Å². The summed E-state index contributed by atoms with van der Waals surface area (Å²) in [5.74, 6) is -1.16. The number of ether oxygens (including phenoxy) is 1. The van der Waals surface area contributed by atoms with Gasteiger partial charge in [-0.2, -0.15) is 0 Å². The van der Waals surface area contributed by atoms with Gasteiger partial charge in [0.1, 0.15) is 5.60 Å². The average molecular weight is 245 g/mol. The summed E-state index contributed by atoms with van der Waals surface area (Å²) in [5, 5.41) is 12.0. The van der Waals surface area contributed by atoms with Crippen LogP contribution in [0.15, 0.2) is 0 Å². The molecule has 0 aliphatic carbocycles. The van der Waals surface area contributed by atoms with Gasteiger partial charge in [-0.3, -0.25) is 4.79 Å². The number of aliphatic hydroxyl groups excluding tert-OH is 1. The number of hydrogen-bond donors (Lipinski definition) is 2. The van der Waals surface area contributed by atoms with Gasteiger partial charge in [0.15, 0.2) is 6.04 Å². The highest BCUT2D eigenvalue weighted by molar-refractivity contribution is 5.85. The van der Waals surface area contributed by atoms with E-state index in [1.165, 1.54) is 6.92 Å². The lowest BCUT2D eigenvalue weighted by molar-refractivity contribution is -0.161. The fraction of sp³-hybridized carbons (Fsp3) is 0.833. The second-order valence-corrected chi connectivity index (χ2v) is 5.42. The molecule has 0 fully saturated rings. The van der Waals surface area contributed by atoms with Crippen LogP contribution >= 0.6 is 0 Å². The quantitative estimate of drug-likeness (QED) is 0.720. The van der Waals surface area contributed by atoms with Crippen LogP contribution in [0, 0.1) is 5.92 Å². The molecule has 0 aromatic carbocycles. The minimum Gasteiger partial charge on any atom is -0.458 e. The Morgan fingerprint density at radius 3 is 1.94 bits per heavy atom. The molecule has 0 aromatic rings. The van der Waals surface area contributed by atoms with E-state index in [0.717, 1.165) is 0 Å². The van der Waals surface area contributed by atoms with Crippen LogP contribution in [-0.4, -0.2) is 34.7 Å². The Kier molecular flexibility index (Phi) is 5.61. The second kappa shape index (κ2) is 6.00. The van der Waals surface area contributed by atoms with Crippen LogP contribution in [0.1, 0.15) is 41.5 Å². The van der Waals surface area contributed by atoms with E-state index in [0.29, 0.717) is 0 Å². The number of carbonyl (C=O) groups excluding carboxylic acids is 2. The summed E-state index contributed by atoms with van der Waals surface area (Å²) in [7, 11) is 0. The zero-order valence-corrected chi connectivity index (χ0v) is 11.4.